The number of nitrogens with one attached hydrogen (secondary N) is 2. The van der Waals surface area contributed by atoms with E-state index in [0.29, 0.717) is 12.1 Å². The molecule has 4 rings (SSSR count). The Hall–Kier alpha value is -3.92. The largest absolute Gasteiger partial charge is 0.467 e. The number of anilines is 1. The van der Waals surface area contributed by atoms with Crippen LogP contribution in [0.4, 0.5) is 19.3 Å². The first-order valence-corrected chi connectivity index (χ1v) is 11.9. The van der Waals surface area contributed by atoms with E-state index >= 15 is 0 Å². The Kier molecular flexibility index (Phi) is 7.84. The maximum Gasteiger partial charge on any atom is 0.328 e. The van der Waals surface area contributed by atoms with Gasteiger partial charge in [0.05, 0.1) is 12.4 Å². The van der Waals surface area contributed by atoms with Gasteiger partial charge >= 0.3 is 5.97 Å². The fourth-order valence-corrected chi connectivity index (χ4v) is 4.52. The van der Waals surface area contributed by atoms with Crippen LogP contribution < -0.4 is 15.4 Å². The lowest BCUT2D eigenvalue weighted by molar-refractivity contribution is -0.141. The van der Waals surface area contributed by atoms with Crippen molar-refractivity contribution in [1.29, 1.82) is 0 Å². The van der Waals surface area contributed by atoms with Gasteiger partial charge in [0.15, 0.2) is 11.6 Å². The van der Waals surface area contributed by atoms with Gasteiger partial charge in [-0.3, -0.25) is 14.9 Å². The van der Waals surface area contributed by atoms with E-state index in [9.17, 15) is 23.2 Å². The SMILES string of the molecule is COC(=O)C(Cc1ccc(Oc2ccc(CC3SC(=O)NC3=O)cc2)c(F)c1F)Nc1ccccc1. The van der Waals surface area contributed by atoms with Crippen molar-refractivity contribution in [3.05, 3.63) is 89.5 Å². The van der Waals surface area contributed by atoms with Gasteiger partial charge in [-0.15, -0.1) is 0 Å². The van der Waals surface area contributed by atoms with Crippen LogP contribution in [0, 0.1) is 11.6 Å². The van der Waals surface area contributed by atoms with Gasteiger partial charge in [-0.05, 0) is 47.9 Å². The molecule has 0 bridgehead atoms. The van der Waals surface area contributed by atoms with E-state index in [2.05, 4.69) is 10.6 Å². The summed E-state index contributed by atoms with van der Waals surface area (Å²) in [5.41, 5.74) is 1.40. The number of imide groups is 1. The van der Waals surface area contributed by atoms with Crippen molar-refractivity contribution in [2.75, 3.05) is 12.4 Å². The molecular weight excluding hydrogens is 490 g/mol. The molecule has 10 heteroatoms. The van der Waals surface area contributed by atoms with E-state index in [1.165, 1.54) is 19.2 Å². The lowest BCUT2D eigenvalue weighted by atomic mass is 10.0. The molecule has 2 amide bonds. The second kappa shape index (κ2) is 11.2. The molecule has 0 spiro atoms. The van der Waals surface area contributed by atoms with Crippen molar-refractivity contribution in [2.45, 2.75) is 24.1 Å². The number of amides is 2. The van der Waals surface area contributed by atoms with Gasteiger partial charge in [0.2, 0.25) is 11.7 Å². The Morgan fingerprint density at radius 1 is 1.03 bits per heavy atom. The summed E-state index contributed by atoms with van der Waals surface area (Å²) < 4.78 is 40.0. The number of methoxy groups -OCH3 is 1. The third kappa shape index (κ3) is 6.01. The molecule has 1 aliphatic heterocycles. The van der Waals surface area contributed by atoms with Crippen molar-refractivity contribution in [3.8, 4) is 11.5 Å². The summed E-state index contributed by atoms with van der Waals surface area (Å²) in [7, 11) is 1.22. The molecule has 186 valence electrons. The van der Waals surface area contributed by atoms with Crippen LogP contribution in [0.3, 0.4) is 0 Å². The van der Waals surface area contributed by atoms with Gasteiger partial charge in [-0.2, -0.15) is 4.39 Å². The molecule has 36 heavy (non-hydrogen) atoms. The third-order valence-corrected chi connectivity index (χ3v) is 6.47. The molecule has 2 atom stereocenters. The van der Waals surface area contributed by atoms with Crippen molar-refractivity contribution < 1.29 is 32.6 Å². The number of halogens is 2. The van der Waals surface area contributed by atoms with Gasteiger partial charge in [0.25, 0.3) is 5.24 Å². The van der Waals surface area contributed by atoms with Crippen LogP contribution >= 0.6 is 11.8 Å². The Balaban J connectivity index is 1.44. The molecule has 0 saturated carbocycles. The van der Waals surface area contributed by atoms with E-state index in [1.54, 1.807) is 48.5 Å². The number of carbonyl (C=O) groups is 3. The van der Waals surface area contributed by atoms with Crippen LogP contribution in [-0.4, -0.2) is 35.5 Å². The first-order valence-electron chi connectivity index (χ1n) is 11.0. The minimum absolute atomic E-state index is 0.0177. The maximum absolute atomic E-state index is 14.9. The summed E-state index contributed by atoms with van der Waals surface area (Å²) >= 11 is 0.932. The van der Waals surface area contributed by atoms with Crippen LogP contribution in [0.1, 0.15) is 11.1 Å². The Morgan fingerprint density at radius 3 is 2.39 bits per heavy atom. The smallest absolute Gasteiger partial charge is 0.328 e. The fraction of sp³-hybridized carbons (Fsp3) is 0.192. The second-order valence-electron chi connectivity index (χ2n) is 7.97. The molecule has 2 unspecified atom stereocenters. The Morgan fingerprint density at radius 2 is 1.75 bits per heavy atom. The zero-order valence-corrected chi connectivity index (χ0v) is 19.9. The van der Waals surface area contributed by atoms with E-state index in [0.717, 1.165) is 17.3 Å². The first kappa shape index (κ1) is 25.2. The van der Waals surface area contributed by atoms with Crippen molar-refractivity contribution in [3.63, 3.8) is 0 Å². The van der Waals surface area contributed by atoms with Crippen molar-refractivity contribution in [2.24, 2.45) is 0 Å². The highest BCUT2D eigenvalue weighted by molar-refractivity contribution is 8.15. The standard InChI is InChI=1S/C26H22F2N2O5S/c1-34-25(32)19(29-17-5-3-2-4-6-17)14-16-9-12-20(23(28)22(16)27)35-18-10-7-15(8-11-18)13-21-24(31)30-26(33)36-21/h2-12,19,21,29H,13-14H2,1H3,(H,30,31,33). The molecule has 1 heterocycles. The van der Waals surface area contributed by atoms with E-state index in [4.69, 9.17) is 9.47 Å². The molecule has 0 aliphatic carbocycles. The summed E-state index contributed by atoms with van der Waals surface area (Å²) in [6.07, 6.45) is 0.202. The van der Waals surface area contributed by atoms with E-state index in [-0.39, 0.29) is 34.6 Å². The lowest BCUT2D eigenvalue weighted by Crippen LogP contribution is -2.33. The highest BCUT2D eigenvalue weighted by Crippen LogP contribution is 2.30. The Bertz CT molecular complexity index is 1270. The molecule has 1 fully saturated rings. The molecular formula is C26H22F2N2O5S. The summed E-state index contributed by atoms with van der Waals surface area (Å²) in [6.45, 7) is 0. The number of esters is 1. The molecule has 0 radical (unpaired) electrons. The van der Waals surface area contributed by atoms with Crippen LogP contribution in [0.2, 0.25) is 0 Å². The van der Waals surface area contributed by atoms with E-state index < -0.39 is 28.9 Å². The molecule has 1 aliphatic rings. The number of hydrogen-bond donors (Lipinski definition) is 2. The number of thioether (sulfide) groups is 1. The predicted octanol–water partition coefficient (Wildman–Crippen LogP) is 4.85. The number of carbonyl (C=O) groups excluding carboxylic acids is 3. The average molecular weight is 513 g/mol. The molecule has 1 saturated heterocycles. The van der Waals surface area contributed by atoms with E-state index in [1.807, 2.05) is 6.07 Å². The number of benzene rings is 3. The summed E-state index contributed by atoms with van der Waals surface area (Å²) in [4.78, 5) is 35.3. The van der Waals surface area contributed by atoms with Crippen LogP contribution in [-0.2, 0) is 27.2 Å². The molecule has 3 aromatic rings. The zero-order chi connectivity index (χ0) is 25.7. The summed E-state index contributed by atoms with van der Waals surface area (Å²) in [5.74, 6) is -3.30. The fourth-order valence-electron chi connectivity index (χ4n) is 3.66. The highest BCUT2D eigenvalue weighted by Gasteiger charge is 2.31. The zero-order valence-electron chi connectivity index (χ0n) is 19.1. The van der Waals surface area contributed by atoms with Gasteiger partial charge in [-0.25, -0.2) is 9.18 Å². The number of para-hydroxylation sites is 1. The predicted molar refractivity (Wildman–Crippen MR) is 131 cm³/mol. The van der Waals surface area contributed by atoms with Gasteiger partial charge in [0, 0.05) is 12.1 Å². The first-order chi connectivity index (χ1) is 17.3. The van der Waals surface area contributed by atoms with Crippen LogP contribution in [0.25, 0.3) is 0 Å². The molecule has 3 aromatic carbocycles. The second-order valence-corrected chi connectivity index (χ2v) is 9.15. The number of rotatable bonds is 9. The number of ether oxygens (including phenoxy) is 2. The summed E-state index contributed by atoms with van der Waals surface area (Å²) in [5, 5.41) is 4.33. The topological polar surface area (TPSA) is 93.7 Å². The van der Waals surface area contributed by atoms with Gasteiger partial charge < -0.3 is 14.8 Å². The highest BCUT2D eigenvalue weighted by atomic mass is 32.2. The minimum atomic E-state index is -1.18. The van der Waals surface area contributed by atoms with Gasteiger partial charge in [0.1, 0.15) is 11.8 Å². The van der Waals surface area contributed by atoms with Crippen LogP contribution in [0.5, 0.6) is 11.5 Å². The maximum atomic E-state index is 14.9. The van der Waals surface area contributed by atoms with Crippen molar-refractivity contribution in [1.82, 2.24) is 5.32 Å². The minimum Gasteiger partial charge on any atom is -0.467 e. The monoisotopic (exact) mass is 512 g/mol. The quantitative estimate of drug-likeness (QED) is 0.396. The summed E-state index contributed by atoms with van der Waals surface area (Å²) in [6, 6.07) is 17.1. The normalized spacial score (nSPS) is 15.8. The van der Waals surface area contributed by atoms with Crippen LogP contribution in [0.15, 0.2) is 66.7 Å². The number of hydrogen-bond acceptors (Lipinski definition) is 7. The van der Waals surface area contributed by atoms with Crippen molar-refractivity contribution >= 4 is 34.6 Å². The molecule has 0 aromatic heterocycles. The Labute approximate surface area is 210 Å². The third-order valence-electron chi connectivity index (χ3n) is 5.49. The molecule has 2 N–H and O–H groups in total. The average Bonchev–Trinajstić information content (AvgIpc) is 3.20. The lowest BCUT2D eigenvalue weighted by Gasteiger charge is -2.18. The molecule has 7 nitrogen and oxygen atoms in total. The van der Waals surface area contributed by atoms with Gasteiger partial charge in [-0.1, -0.05) is 48.2 Å².